The number of aliphatic imine (C=N–C) groups is 1. The van der Waals surface area contributed by atoms with Gasteiger partial charge >= 0.3 is 6.16 Å². The number of nitrogens with zero attached hydrogens (tertiary/aromatic N) is 1. The molecule has 0 aliphatic rings. The van der Waals surface area contributed by atoms with E-state index in [1.807, 2.05) is 0 Å². The normalized spacial score (nSPS) is 14.8. The fourth-order valence-corrected chi connectivity index (χ4v) is 0.315. The fraction of sp³-hybridized carbons (Fsp3) is 0.600. The lowest BCUT2D eigenvalue weighted by Gasteiger charge is -2.09. The van der Waals surface area contributed by atoms with Crippen molar-refractivity contribution in [3.8, 4) is 0 Å². The lowest BCUT2D eigenvalue weighted by molar-refractivity contribution is 0.00875. The van der Waals surface area contributed by atoms with Crippen LogP contribution in [0.3, 0.4) is 0 Å². The first-order valence-corrected chi connectivity index (χ1v) is 2.90. The minimum absolute atomic E-state index is 0.723. The van der Waals surface area contributed by atoms with E-state index in [2.05, 4.69) is 21.2 Å². The Labute approximate surface area is 64.2 Å². The molecule has 2 unspecified atom stereocenters. The molecule has 0 aromatic carbocycles. The molecule has 0 amide bonds. The average Bonchev–Trinajstić information content (AvgIpc) is 1.85. The van der Waals surface area contributed by atoms with Crippen molar-refractivity contribution < 1.29 is 14.3 Å². The first-order chi connectivity index (χ1) is 5.06. The molecule has 2 atom stereocenters. The summed E-state index contributed by atoms with van der Waals surface area (Å²) in [4.78, 5) is 13.7. The van der Waals surface area contributed by atoms with Gasteiger partial charge in [0.25, 0.3) is 6.35 Å². The van der Waals surface area contributed by atoms with E-state index < -0.39 is 18.7 Å². The van der Waals surface area contributed by atoms with E-state index in [0.717, 1.165) is 0 Å². The highest BCUT2D eigenvalue weighted by molar-refractivity contribution is 5.60. The summed E-state index contributed by atoms with van der Waals surface area (Å²) in [7, 11) is 0. The van der Waals surface area contributed by atoms with E-state index >= 15 is 0 Å². The molecule has 6 nitrogen and oxygen atoms in total. The Balaban J connectivity index is 3.60. The van der Waals surface area contributed by atoms with Crippen LogP contribution in [0.5, 0.6) is 0 Å². The van der Waals surface area contributed by atoms with Crippen LogP contribution in [-0.4, -0.2) is 25.5 Å². The van der Waals surface area contributed by atoms with E-state index in [-0.39, 0.29) is 0 Å². The van der Waals surface area contributed by atoms with Crippen LogP contribution in [0, 0.1) is 0 Å². The van der Waals surface area contributed by atoms with E-state index in [1.54, 1.807) is 0 Å². The molecule has 0 saturated carbocycles. The molecule has 0 aromatic heterocycles. The Hall–Kier alpha value is -1.14. The maximum absolute atomic E-state index is 10.5. The zero-order valence-corrected chi connectivity index (χ0v) is 6.19. The van der Waals surface area contributed by atoms with Crippen LogP contribution < -0.4 is 11.5 Å². The summed E-state index contributed by atoms with van der Waals surface area (Å²) in [5.41, 5.74) is 10.2. The number of carbonyl (C=O) groups is 1. The molecular weight excluding hydrogens is 150 g/mol. The monoisotopic (exact) mass is 161 g/mol. The fourth-order valence-electron chi connectivity index (χ4n) is 0.315. The van der Waals surface area contributed by atoms with Gasteiger partial charge in [-0.1, -0.05) is 0 Å². The molecule has 11 heavy (non-hydrogen) atoms. The quantitative estimate of drug-likeness (QED) is 0.326. The Morgan fingerprint density at radius 1 is 1.55 bits per heavy atom. The van der Waals surface area contributed by atoms with E-state index in [0.29, 0.717) is 0 Å². The number of ether oxygens (including phenoxy) is 2. The summed E-state index contributed by atoms with van der Waals surface area (Å²) >= 11 is 0. The number of nitrogens with two attached hydrogens (primary N) is 2. The molecule has 0 rings (SSSR count). The molecule has 6 heteroatoms. The van der Waals surface area contributed by atoms with Crippen molar-refractivity contribution in [1.82, 2.24) is 0 Å². The second-order valence-electron chi connectivity index (χ2n) is 1.76. The molecule has 64 valence electrons. The van der Waals surface area contributed by atoms with Gasteiger partial charge in [0.15, 0.2) is 6.23 Å². The summed E-state index contributed by atoms with van der Waals surface area (Å²) in [5, 5.41) is 0. The van der Waals surface area contributed by atoms with Crippen LogP contribution >= 0.6 is 0 Å². The summed E-state index contributed by atoms with van der Waals surface area (Å²) in [6.45, 7) is 4.53. The topological polar surface area (TPSA) is 99.9 Å². The third-order valence-corrected chi connectivity index (χ3v) is 0.679. The lowest BCUT2D eigenvalue weighted by Crippen LogP contribution is -2.29. The van der Waals surface area contributed by atoms with Gasteiger partial charge in [0.05, 0.1) is 0 Å². The van der Waals surface area contributed by atoms with Gasteiger partial charge < -0.3 is 9.47 Å². The van der Waals surface area contributed by atoms with E-state index in [4.69, 9.17) is 11.5 Å². The molecule has 4 N–H and O–H groups in total. The summed E-state index contributed by atoms with van der Waals surface area (Å²) in [6.07, 6.45) is -2.78. The van der Waals surface area contributed by atoms with Gasteiger partial charge in [0.1, 0.15) is 0 Å². The number of carbonyl (C=O) groups excluding carboxylic acids is 1. The predicted molar refractivity (Wildman–Crippen MR) is 38.7 cm³/mol. The Kier molecular flexibility index (Phi) is 4.16. The molecule has 0 radical (unpaired) electrons. The predicted octanol–water partition coefficient (Wildman–Crippen LogP) is -0.613. The highest BCUT2D eigenvalue weighted by Crippen LogP contribution is 1.91. The zero-order chi connectivity index (χ0) is 8.85. The zero-order valence-electron chi connectivity index (χ0n) is 6.19. The van der Waals surface area contributed by atoms with Crippen molar-refractivity contribution >= 4 is 12.9 Å². The molecule has 0 fully saturated rings. The molecule has 0 saturated heterocycles. The van der Waals surface area contributed by atoms with Crippen molar-refractivity contribution in [3.63, 3.8) is 0 Å². The van der Waals surface area contributed by atoms with Crippen molar-refractivity contribution in [3.05, 3.63) is 0 Å². The minimum Gasteiger partial charge on any atom is -0.416 e. The van der Waals surface area contributed by atoms with Crippen molar-refractivity contribution in [1.29, 1.82) is 0 Å². The van der Waals surface area contributed by atoms with Gasteiger partial charge in [-0.3, -0.25) is 11.5 Å². The van der Waals surface area contributed by atoms with Gasteiger partial charge in [0, 0.05) is 0 Å². The second-order valence-corrected chi connectivity index (χ2v) is 1.76. The average molecular weight is 161 g/mol. The smallest absolute Gasteiger partial charge is 0.416 e. The maximum Gasteiger partial charge on any atom is 0.512 e. The van der Waals surface area contributed by atoms with Crippen molar-refractivity contribution in [2.75, 3.05) is 0 Å². The van der Waals surface area contributed by atoms with Gasteiger partial charge in [-0.15, -0.1) is 0 Å². The van der Waals surface area contributed by atoms with Gasteiger partial charge in [0.2, 0.25) is 0 Å². The maximum atomic E-state index is 10.5. The van der Waals surface area contributed by atoms with Crippen LogP contribution in [0.25, 0.3) is 0 Å². The molecule has 0 aliphatic carbocycles. The van der Waals surface area contributed by atoms with Gasteiger partial charge in [-0.05, 0) is 13.6 Å². The lowest BCUT2D eigenvalue weighted by atomic mass is 10.7. The third kappa shape index (κ3) is 5.31. The van der Waals surface area contributed by atoms with E-state index in [1.165, 1.54) is 6.92 Å². The number of hydrogen-bond donors (Lipinski definition) is 2. The van der Waals surface area contributed by atoms with Crippen LogP contribution in [0.4, 0.5) is 4.79 Å². The van der Waals surface area contributed by atoms with Crippen LogP contribution in [0.1, 0.15) is 6.92 Å². The van der Waals surface area contributed by atoms with Gasteiger partial charge in [-0.2, -0.15) is 0 Å². The number of rotatable bonds is 3. The molecule has 0 heterocycles. The molecule has 0 aromatic rings. The van der Waals surface area contributed by atoms with E-state index in [9.17, 15) is 4.79 Å². The van der Waals surface area contributed by atoms with Crippen LogP contribution in [-0.2, 0) is 9.47 Å². The highest BCUT2D eigenvalue weighted by atomic mass is 16.7. The highest BCUT2D eigenvalue weighted by Gasteiger charge is 2.09. The Morgan fingerprint density at radius 2 is 2.09 bits per heavy atom. The molecular formula is C5H11N3O3. The van der Waals surface area contributed by atoms with Crippen molar-refractivity contribution in [2.45, 2.75) is 19.5 Å². The standard InChI is InChI=1S/C5H11N3O3/c1-3(6)10-5(9)11-4(7)8-2/h3-4H,2,6-7H2,1H3. The first kappa shape index (κ1) is 9.86. The molecule has 0 aliphatic heterocycles. The summed E-state index contributed by atoms with van der Waals surface area (Å²) < 4.78 is 8.69. The SMILES string of the molecule is C=NC(N)OC(=O)OC(C)N. The molecule has 0 bridgehead atoms. The second kappa shape index (κ2) is 4.64. The summed E-state index contributed by atoms with van der Waals surface area (Å²) in [5.74, 6) is 0. The van der Waals surface area contributed by atoms with Crippen LogP contribution in [0.15, 0.2) is 4.99 Å². The Morgan fingerprint density at radius 3 is 2.45 bits per heavy atom. The Bertz CT molecular complexity index is 148. The molecule has 0 spiro atoms. The van der Waals surface area contributed by atoms with Crippen molar-refractivity contribution in [2.24, 2.45) is 16.5 Å². The van der Waals surface area contributed by atoms with Crippen LogP contribution in [0.2, 0.25) is 0 Å². The summed E-state index contributed by atoms with van der Waals surface area (Å²) in [6, 6.07) is 0. The number of hydrogen-bond acceptors (Lipinski definition) is 6. The largest absolute Gasteiger partial charge is 0.512 e. The van der Waals surface area contributed by atoms with Gasteiger partial charge in [-0.25, -0.2) is 9.79 Å². The first-order valence-electron chi connectivity index (χ1n) is 2.90. The minimum atomic E-state index is -1.10. The third-order valence-electron chi connectivity index (χ3n) is 0.679.